The second kappa shape index (κ2) is 9.67. The Morgan fingerprint density at radius 1 is 0.870 bits per heavy atom. The van der Waals surface area contributed by atoms with Crippen LogP contribution in [0.25, 0.3) is 0 Å². The minimum Gasteiger partial charge on any atom is -0.330 e. The zero-order chi connectivity index (χ0) is 15.8. The van der Waals surface area contributed by atoms with E-state index in [0.717, 1.165) is 11.1 Å². The molecule has 0 aliphatic rings. The molecule has 0 heterocycles. The molecular weight excluding hydrogens is 332 g/mol. The Labute approximate surface area is 144 Å². The lowest BCUT2D eigenvalue weighted by Gasteiger charge is -2.22. The summed E-state index contributed by atoms with van der Waals surface area (Å²) in [6, 6.07) is 18.9. The maximum atomic E-state index is 12.7. The molecule has 0 saturated carbocycles. The third-order valence-corrected chi connectivity index (χ3v) is 5.20. The van der Waals surface area contributed by atoms with Crippen LogP contribution in [0.5, 0.6) is 0 Å². The Bertz CT molecular complexity index is 664. The molecule has 0 amide bonds. The Balaban J connectivity index is 0.00000264. The third-order valence-electron chi connectivity index (χ3n) is 3.40. The summed E-state index contributed by atoms with van der Waals surface area (Å²) in [6.45, 7) is 1.31. The zero-order valence-corrected chi connectivity index (χ0v) is 14.6. The minimum atomic E-state index is -3.37. The van der Waals surface area contributed by atoms with Crippen LogP contribution in [0, 0.1) is 0 Å². The van der Waals surface area contributed by atoms with Gasteiger partial charge < -0.3 is 5.73 Å². The van der Waals surface area contributed by atoms with E-state index in [2.05, 4.69) is 0 Å². The van der Waals surface area contributed by atoms with Crippen molar-refractivity contribution in [3.05, 3.63) is 71.8 Å². The minimum absolute atomic E-state index is 0. The smallest absolute Gasteiger partial charge is 0.218 e. The van der Waals surface area contributed by atoms with E-state index in [-0.39, 0.29) is 18.2 Å². The predicted octanol–water partition coefficient (Wildman–Crippen LogP) is 2.79. The molecule has 4 nitrogen and oxygen atoms in total. The molecule has 2 rings (SSSR count). The maximum absolute atomic E-state index is 12.7. The van der Waals surface area contributed by atoms with Gasteiger partial charge in [-0.25, -0.2) is 8.42 Å². The molecule has 6 heteroatoms. The lowest BCUT2D eigenvalue weighted by atomic mass is 10.2. The first-order valence-corrected chi connectivity index (χ1v) is 8.98. The van der Waals surface area contributed by atoms with Crippen LogP contribution in [-0.2, 0) is 22.3 Å². The van der Waals surface area contributed by atoms with Crippen LogP contribution >= 0.6 is 12.4 Å². The van der Waals surface area contributed by atoms with Gasteiger partial charge in [0.15, 0.2) is 0 Å². The molecule has 2 aromatic rings. The Hall–Kier alpha value is -1.40. The van der Waals surface area contributed by atoms with Crippen LogP contribution in [0.2, 0.25) is 0 Å². The van der Waals surface area contributed by atoms with Gasteiger partial charge in [0.1, 0.15) is 0 Å². The molecule has 0 fully saturated rings. The quantitative estimate of drug-likeness (QED) is 0.792. The fraction of sp³-hybridized carbons (Fsp3) is 0.294. The van der Waals surface area contributed by atoms with Crippen LogP contribution < -0.4 is 5.73 Å². The first-order valence-electron chi connectivity index (χ1n) is 7.37. The van der Waals surface area contributed by atoms with Gasteiger partial charge in [-0.1, -0.05) is 60.7 Å². The van der Waals surface area contributed by atoms with Gasteiger partial charge in [-0.3, -0.25) is 0 Å². The molecule has 23 heavy (non-hydrogen) atoms. The van der Waals surface area contributed by atoms with Gasteiger partial charge in [-0.05, 0) is 24.1 Å². The molecule has 0 aliphatic carbocycles. The third kappa shape index (κ3) is 6.31. The summed E-state index contributed by atoms with van der Waals surface area (Å²) >= 11 is 0. The van der Waals surface area contributed by atoms with Gasteiger partial charge in [0, 0.05) is 13.1 Å². The van der Waals surface area contributed by atoms with E-state index < -0.39 is 10.0 Å². The molecule has 2 aromatic carbocycles. The highest BCUT2D eigenvalue weighted by Crippen LogP contribution is 2.15. The Morgan fingerprint density at radius 2 is 1.39 bits per heavy atom. The van der Waals surface area contributed by atoms with Gasteiger partial charge >= 0.3 is 0 Å². The van der Waals surface area contributed by atoms with E-state index in [9.17, 15) is 8.42 Å². The van der Waals surface area contributed by atoms with Gasteiger partial charge in [-0.15, -0.1) is 12.4 Å². The van der Waals surface area contributed by atoms with Crippen molar-refractivity contribution >= 4 is 22.4 Å². The van der Waals surface area contributed by atoms with E-state index >= 15 is 0 Å². The summed E-state index contributed by atoms with van der Waals surface area (Å²) in [5.74, 6) is 0.0191. The molecule has 0 bridgehead atoms. The van der Waals surface area contributed by atoms with Crippen LogP contribution in [0.15, 0.2) is 60.7 Å². The predicted molar refractivity (Wildman–Crippen MR) is 96.8 cm³/mol. The monoisotopic (exact) mass is 354 g/mol. The molecule has 0 aliphatic heterocycles. The lowest BCUT2D eigenvalue weighted by Crippen LogP contribution is -2.33. The highest BCUT2D eigenvalue weighted by molar-refractivity contribution is 7.88. The second-order valence-electron chi connectivity index (χ2n) is 5.20. The van der Waals surface area contributed by atoms with Gasteiger partial charge in [0.05, 0.1) is 5.75 Å². The number of halogens is 1. The van der Waals surface area contributed by atoms with E-state index in [4.69, 9.17) is 5.73 Å². The number of rotatable bonds is 8. The molecule has 0 saturated heterocycles. The average molecular weight is 355 g/mol. The summed E-state index contributed by atoms with van der Waals surface area (Å²) in [4.78, 5) is 0. The standard InChI is InChI=1S/C17H22N2O2S.ClH/c18-12-7-13-19(14-16-8-3-1-4-9-16)22(20,21)15-17-10-5-2-6-11-17;/h1-6,8-11H,7,12-15,18H2;1H. The summed E-state index contributed by atoms with van der Waals surface area (Å²) < 4.78 is 26.9. The van der Waals surface area contributed by atoms with Gasteiger partial charge in [0.2, 0.25) is 10.0 Å². The van der Waals surface area contributed by atoms with Crippen molar-refractivity contribution in [2.24, 2.45) is 5.73 Å². The van der Waals surface area contributed by atoms with Crippen LogP contribution in [0.3, 0.4) is 0 Å². The van der Waals surface area contributed by atoms with Crippen molar-refractivity contribution in [1.82, 2.24) is 4.31 Å². The number of hydrogen-bond donors (Lipinski definition) is 1. The number of benzene rings is 2. The van der Waals surface area contributed by atoms with Crippen LogP contribution in [0.4, 0.5) is 0 Å². The summed E-state index contributed by atoms with van der Waals surface area (Å²) in [5.41, 5.74) is 7.33. The normalized spacial score (nSPS) is 11.2. The van der Waals surface area contributed by atoms with Crippen molar-refractivity contribution in [2.75, 3.05) is 13.1 Å². The summed E-state index contributed by atoms with van der Waals surface area (Å²) in [7, 11) is -3.37. The number of hydrogen-bond acceptors (Lipinski definition) is 3. The molecule has 0 radical (unpaired) electrons. The maximum Gasteiger partial charge on any atom is 0.218 e. The number of nitrogens with zero attached hydrogens (tertiary/aromatic N) is 1. The van der Waals surface area contributed by atoms with Gasteiger partial charge in [0.25, 0.3) is 0 Å². The highest BCUT2D eigenvalue weighted by atomic mass is 35.5. The van der Waals surface area contributed by atoms with E-state index in [0.29, 0.717) is 26.1 Å². The Morgan fingerprint density at radius 3 is 1.91 bits per heavy atom. The Kier molecular flexibility index (Phi) is 8.26. The molecule has 126 valence electrons. The summed E-state index contributed by atoms with van der Waals surface area (Å²) in [6.07, 6.45) is 0.654. The van der Waals surface area contributed by atoms with Crippen LogP contribution in [0.1, 0.15) is 17.5 Å². The molecule has 0 atom stereocenters. The van der Waals surface area contributed by atoms with Crippen molar-refractivity contribution in [3.63, 3.8) is 0 Å². The molecule has 2 N–H and O–H groups in total. The first-order chi connectivity index (χ1) is 10.6. The zero-order valence-electron chi connectivity index (χ0n) is 13.0. The lowest BCUT2D eigenvalue weighted by molar-refractivity contribution is 0.401. The fourth-order valence-electron chi connectivity index (χ4n) is 2.25. The SMILES string of the molecule is Cl.NCCCN(Cc1ccccc1)S(=O)(=O)Cc1ccccc1. The fourth-order valence-corrected chi connectivity index (χ4v) is 3.80. The van der Waals surface area contributed by atoms with E-state index in [1.54, 1.807) is 0 Å². The highest BCUT2D eigenvalue weighted by Gasteiger charge is 2.22. The average Bonchev–Trinajstić information content (AvgIpc) is 2.53. The molecular formula is C17H23ClN2O2S. The van der Waals surface area contributed by atoms with Crippen molar-refractivity contribution < 1.29 is 8.42 Å². The second-order valence-corrected chi connectivity index (χ2v) is 7.17. The number of sulfonamides is 1. The largest absolute Gasteiger partial charge is 0.330 e. The summed E-state index contributed by atoms with van der Waals surface area (Å²) in [5, 5.41) is 0. The van der Waals surface area contributed by atoms with Crippen molar-refractivity contribution in [2.45, 2.75) is 18.7 Å². The first kappa shape index (κ1) is 19.6. The topological polar surface area (TPSA) is 63.4 Å². The number of nitrogens with two attached hydrogens (primary N) is 1. The van der Waals surface area contributed by atoms with Crippen molar-refractivity contribution in [1.29, 1.82) is 0 Å². The molecule has 0 spiro atoms. The van der Waals surface area contributed by atoms with Crippen LogP contribution in [-0.4, -0.2) is 25.8 Å². The van der Waals surface area contributed by atoms with E-state index in [1.807, 2.05) is 60.7 Å². The van der Waals surface area contributed by atoms with Gasteiger partial charge in [-0.2, -0.15) is 4.31 Å². The molecule has 0 aromatic heterocycles. The van der Waals surface area contributed by atoms with E-state index in [1.165, 1.54) is 4.31 Å². The molecule has 0 unspecified atom stereocenters. The van der Waals surface area contributed by atoms with Crippen molar-refractivity contribution in [3.8, 4) is 0 Å².